The molecule has 7 nitrogen and oxygen atoms in total. The maximum absolute atomic E-state index is 12.4. The molecule has 228 valence electrons. The van der Waals surface area contributed by atoms with Crippen LogP contribution in [0, 0.1) is 0 Å². The van der Waals surface area contributed by atoms with Gasteiger partial charge >= 0.3 is 11.9 Å². The van der Waals surface area contributed by atoms with E-state index in [0.29, 0.717) is 45.1 Å². The molecule has 0 fully saturated rings. The van der Waals surface area contributed by atoms with Gasteiger partial charge in [-0.15, -0.1) is 0 Å². The summed E-state index contributed by atoms with van der Waals surface area (Å²) in [6, 6.07) is -0.880. The summed E-state index contributed by atoms with van der Waals surface area (Å²) in [6.45, 7) is 4.69. The minimum atomic E-state index is -1.03. The second kappa shape index (κ2) is 27.9. The first-order valence-corrected chi connectivity index (χ1v) is 15.5. The minimum absolute atomic E-state index is 0.0852. The molecule has 0 saturated carbocycles. The SMILES string of the molecule is CC/C=C\C/C=C\C/C=C\C/C=C\CCC(=O)OC(CCCCC)CCCCCC(=O)NC(CCCN)C(=O)O. The normalized spacial score (nSPS) is 13.5. The Morgan fingerprint density at radius 2 is 1.35 bits per heavy atom. The predicted octanol–water partition coefficient (Wildman–Crippen LogP) is 7.32. The number of esters is 1. The molecule has 0 spiro atoms. The number of allylic oxidation sites excluding steroid dienone is 8. The molecule has 0 aliphatic rings. The van der Waals surface area contributed by atoms with E-state index in [-0.39, 0.29) is 18.0 Å². The van der Waals surface area contributed by atoms with E-state index in [1.54, 1.807) is 0 Å². The third kappa shape index (κ3) is 24.4. The molecule has 7 heteroatoms. The first-order chi connectivity index (χ1) is 19.4. The van der Waals surface area contributed by atoms with Gasteiger partial charge in [0.15, 0.2) is 0 Å². The van der Waals surface area contributed by atoms with Crippen molar-refractivity contribution in [3.05, 3.63) is 48.6 Å². The van der Waals surface area contributed by atoms with E-state index in [1.165, 1.54) is 0 Å². The Balaban J connectivity index is 4.24. The fraction of sp³-hybridized carbons (Fsp3) is 0.667. The highest BCUT2D eigenvalue weighted by Gasteiger charge is 2.19. The highest BCUT2D eigenvalue weighted by atomic mass is 16.5. The van der Waals surface area contributed by atoms with Crippen LogP contribution in [0.1, 0.15) is 123 Å². The molecule has 0 aromatic heterocycles. The molecule has 0 aliphatic heterocycles. The van der Waals surface area contributed by atoms with Crippen LogP contribution in [-0.4, -0.2) is 41.6 Å². The van der Waals surface area contributed by atoms with Gasteiger partial charge in [0.1, 0.15) is 12.1 Å². The number of hydrogen-bond acceptors (Lipinski definition) is 5. The van der Waals surface area contributed by atoms with Crippen LogP contribution in [0.5, 0.6) is 0 Å². The fourth-order valence-electron chi connectivity index (χ4n) is 4.11. The number of ether oxygens (including phenoxy) is 1. The number of carbonyl (C=O) groups is 3. The summed E-state index contributed by atoms with van der Waals surface area (Å²) in [5, 5.41) is 11.8. The lowest BCUT2D eigenvalue weighted by Crippen LogP contribution is -2.40. The number of carboxylic acid groups (broad SMARTS) is 1. The zero-order valence-electron chi connectivity index (χ0n) is 25.2. The average Bonchev–Trinajstić information content (AvgIpc) is 2.93. The van der Waals surface area contributed by atoms with E-state index in [0.717, 1.165) is 70.6 Å². The molecular weight excluding hydrogens is 504 g/mol. The molecule has 0 radical (unpaired) electrons. The van der Waals surface area contributed by atoms with Crippen molar-refractivity contribution in [2.75, 3.05) is 6.54 Å². The van der Waals surface area contributed by atoms with Crippen LogP contribution in [-0.2, 0) is 19.1 Å². The van der Waals surface area contributed by atoms with Crippen LogP contribution in [0.4, 0.5) is 0 Å². The molecule has 2 unspecified atom stereocenters. The molecule has 0 heterocycles. The van der Waals surface area contributed by atoms with Gasteiger partial charge < -0.3 is 20.9 Å². The highest BCUT2D eigenvalue weighted by molar-refractivity contribution is 5.83. The molecule has 0 aromatic carbocycles. The van der Waals surface area contributed by atoms with Crippen molar-refractivity contribution in [1.82, 2.24) is 5.32 Å². The Morgan fingerprint density at radius 3 is 1.93 bits per heavy atom. The van der Waals surface area contributed by atoms with E-state index in [1.807, 2.05) is 6.08 Å². The van der Waals surface area contributed by atoms with Crippen LogP contribution >= 0.6 is 0 Å². The minimum Gasteiger partial charge on any atom is -0.480 e. The summed E-state index contributed by atoms with van der Waals surface area (Å²) in [5.74, 6) is -1.42. The number of rotatable bonds is 26. The number of hydrogen-bond donors (Lipinski definition) is 3. The van der Waals surface area contributed by atoms with Crippen molar-refractivity contribution in [1.29, 1.82) is 0 Å². The van der Waals surface area contributed by atoms with Crippen molar-refractivity contribution in [2.45, 2.75) is 135 Å². The Kier molecular flexibility index (Phi) is 26.0. The molecule has 2 atom stereocenters. The third-order valence-electron chi connectivity index (χ3n) is 6.42. The van der Waals surface area contributed by atoms with E-state index in [9.17, 15) is 19.5 Å². The highest BCUT2D eigenvalue weighted by Crippen LogP contribution is 2.16. The molecule has 0 bridgehead atoms. The van der Waals surface area contributed by atoms with Gasteiger partial charge in [0.05, 0.1) is 0 Å². The maximum atomic E-state index is 12.4. The third-order valence-corrected chi connectivity index (χ3v) is 6.42. The molecule has 1 amide bonds. The Labute approximate surface area is 243 Å². The zero-order chi connectivity index (χ0) is 29.7. The van der Waals surface area contributed by atoms with Gasteiger partial charge in [-0.05, 0) is 83.6 Å². The van der Waals surface area contributed by atoms with Gasteiger partial charge in [-0.25, -0.2) is 4.79 Å². The lowest BCUT2D eigenvalue weighted by Gasteiger charge is -2.18. The lowest BCUT2D eigenvalue weighted by atomic mass is 10.0. The fourth-order valence-corrected chi connectivity index (χ4v) is 4.11. The second-order valence-corrected chi connectivity index (χ2v) is 10.1. The lowest BCUT2D eigenvalue weighted by molar-refractivity contribution is -0.149. The number of carboxylic acids is 1. The summed E-state index contributed by atoms with van der Waals surface area (Å²) in [7, 11) is 0. The first-order valence-electron chi connectivity index (χ1n) is 15.5. The zero-order valence-corrected chi connectivity index (χ0v) is 25.2. The summed E-state index contributed by atoms with van der Waals surface area (Å²) < 4.78 is 5.79. The number of nitrogens with one attached hydrogen (secondary N) is 1. The van der Waals surface area contributed by atoms with Gasteiger partial charge in [0.2, 0.25) is 5.91 Å². The molecule has 0 aliphatic carbocycles. The van der Waals surface area contributed by atoms with Crippen molar-refractivity contribution >= 4 is 17.8 Å². The van der Waals surface area contributed by atoms with Crippen LogP contribution in [0.3, 0.4) is 0 Å². The molecule has 0 rings (SSSR count). The number of aliphatic carboxylic acids is 1. The number of carbonyl (C=O) groups excluding carboxylic acids is 2. The first kappa shape index (κ1) is 37.3. The summed E-state index contributed by atoms with van der Waals surface area (Å²) in [5.41, 5.74) is 5.44. The van der Waals surface area contributed by atoms with Crippen LogP contribution in [0.15, 0.2) is 48.6 Å². The second-order valence-electron chi connectivity index (χ2n) is 10.1. The summed E-state index contributed by atoms with van der Waals surface area (Å²) in [6.07, 6.45) is 30.4. The topological polar surface area (TPSA) is 119 Å². The summed E-state index contributed by atoms with van der Waals surface area (Å²) in [4.78, 5) is 35.8. The molecular formula is C33H56N2O5. The van der Waals surface area contributed by atoms with Gasteiger partial charge in [-0.2, -0.15) is 0 Å². The smallest absolute Gasteiger partial charge is 0.326 e. The van der Waals surface area contributed by atoms with Crippen LogP contribution in [0.25, 0.3) is 0 Å². The predicted molar refractivity (Wildman–Crippen MR) is 165 cm³/mol. The van der Waals surface area contributed by atoms with Crippen LogP contribution in [0.2, 0.25) is 0 Å². The van der Waals surface area contributed by atoms with E-state index < -0.39 is 12.0 Å². The van der Waals surface area contributed by atoms with Crippen molar-refractivity contribution in [2.24, 2.45) is 5.73 Å². The molecule has 40 heavy (non-hydrogen) atoms. The van der Waals surface area contributed by atoms with Crippen molar-refractivity contribution in [3.63, 3.8) is 0 Å². The Bertz CT molecular complexity index is 773. The van der Waals surface area contributed by atoms with Crippen LogP contribution < -0.4 is 11.1 Å². The number of amides is 1. The summed E-state index contributed by atoms with van der Waals surface area (Å²) >= 11 is 0. The maximum Gasteiger partial charge on any atom is 0.326 e. The molecule has 4 N–H and O–H groups in total. The van der Waals surface area contributed by atoms with E-state index in [2.05, 4.69) is 61.7 Å². The van der Waals surface area contributed by atoms with E-state index in [4.69, 9.17) is 10.5 Å². The number of unbranched alkanes of at least 4 members (excludes halogenated alkanes) is 4. The van der Waals surface area contributed by atoms with Gasteiger partial charge in [-0.3, -0.25) is 9.59 Å². The van der Waals surface area contributed by atoms with Gasteiger partial charge in [-0.1, -0.05) is 81.7 Å². The average molecular weight is 561 g/mol. The molecule has 0 aromatic rings. The van der Waals surface area contributed by atoms with E-state index >= 15 is 0 Å². The van der Waals surface area contributed by atoms with Gasteiger partial charge in [0, 0.05) is 12.8 Å². The Hall–Kier alpha value is -2.67. The quantitative estimate of drug-likeness (QED) is 0.0579. The standard InChI is InChI=1S/C33H56N2O5/c1-3-5-7-8-9-10-11-12-13-14-15-16-21-27-32(37)40-29(23-18-6-4-2)24-19-17-20-26-31(36)35-30(33(38)39)25-22-28-34/h5,7,9-10,12-13,15-16,29-30H,3-4,6,8,11,14,17-28,34H2,1-2H3,(H,35,36)(H,38,39)/b7-5-,10-9-,13-12-,16-15-. The number of nitrogens with two attached hydrogens (primary N) is 1. The molecule has 0 saturated heterocycles. The van der Waals surface area contributed by atoms with Crippen molar-refractivity contribution < 1.29 is 24.2 Å². The van der Waals surface area contributed by atoms with Crippen molar-refractivity contribution in [3.8, 4) is 0 Å². The Morgan fingerprint density at radius 1 is 0.750 bits per heavy atom. The largest absolute Gasteiger partial charge is 0.480 e. The monoisotopic (exact) mass is 560 g/mol. The van der Waals surface area contributed by atoms with Gasteiger partial charge in [0.25, 0.3) is 0 Å².